The first-order valence-electron chi connectivity index (χ1n) is 18.3. The maximum Gasteiger partial charge on any atom is 0.189 e. The molecule has 3 aromatic heterocycles. The topological polar surface area (TPSA) is 42.9 Å². The van der Waals surface area contributed by atoms with E-state index in [2.05, 4.69) is 164 Å². The number of nitriles is 1. The molecule has 8 aromatic carbocycles. The fourth-order valence-electron chi connectivity index (χ4n) is 8.77. The maximum absolute atomic E-state index is 10.2. The predicted molar refractivity (Wildman–Crippen MR) is 226 cm³/mol. The normalized spacial score (nSPS) is 11.6. The van der Waals surface area contributed by atoms with Crippen LogP contribution in [0.1, 0.15) is 5.56 Å². The Morgan fingerprint density at radius 1 is 0.418 bits per heavy atom. The second kappa shape index (κ2) is 11.8. The van der Waals surface area contributed by atoms with Crippen LogP contribution in [0.15, 0.2) is 176 Å². The number of hydrogen-bond donors (Lipinski definition) is 0. The monoisotopic (exact) mass is 699 g/mol. The number of aromatic nitrogens is 3. The van der Waals surface area contributed by atoms with E-state index < -0.39 is 0 Å². The highest BCUT2D eigenvalue weighted by Gasteiger charge is 2.20. The molecule has 11 rings (SSSR count). The van der Waals surface area contributed by atoms with Crippen LogP contribution < -0.4 is 0 Å². The minimum Gasteiger partial charge on any atom is -0.309 e. The van der Waals surface area contributed by atoms with Crippen LogP contribution >= 0.6 is 0 Å². The Balaban J connectivity index is 1.12. The zero-order valence-corrected chi connectivity index (χ0v) is 29.5. The van der Waals surface area contributed by atoms with Gasteiger partial charge in [-0.1, -0.05) is 109 Å². The molecule has 5 nitrogen and oxygen atoms in total. The van der Waals surface area contributed by atoms with E-state index >= 15 is 0 Å². The lowest BCUT2D eigenvalue weighted by molar-refractivity contribution is 1.13. The summed E-state index contributed by atoms with van der Waals surface area (Å²) in [6.07, 6.45) is 0. The molecule has 5 heteroatoms. The zero-order valence-electron chi connectivity index (χ0n) is 29.5. The van der Waals surface area contributed by atoms with Gasteiger partial charge in [0.2, 0.25) is 0 Å². The van der Waals surface area contributed by atoms with Crippen LogP contribution in [-0.2, 0) is 0 Å². The van der Waals surface area contributed by atoms with Crippen LogP contribution in [0.25, 0.3) is 98.5 Å². The van der Waals surface area contributed by atoms with Crippen molar-refractivity contribution in [3.05, 3.63) is 193 Å². The molecule has 0 aliphatic carbocycles. The molecule has 11 aromatic rings. The number of fused-ring (bicyclic) bond motifs is 9. The molecule has 0 spiro atoms. The Bertz CT molecular complexity index is 3400. The maximum atomic E-state index is 10.2. The van der Waals surface area contributed by atoms with E-state index in [0.717, 1.165) is 61.0 Å². The van der Waals surface area contributed by atoms with Crippen LogP contribution in [0.2, 0.25) is 0 Å². The van der Waals surface area contributed by atoms with Crippen LogP contribution in [-0.4, -0.2) is 13.7 Å². The van der Waals surface area contributed by atoms with Crippen molar-refractivity contribution >= 4 is 71.1 Å². The van der Waals surface area contributed by atoms with E-state index in [1.165, 1.54) is 32.6 Å². The summed E-state index contributed by atoms with van der Waals surface area (Å²) in [5, 5.41) is 17.1. The standard InChI is InChI=1S/C50H29N5/c1-52-35-28-34(29-37(30-35)54-45-20-7-4-15-40(45)42-17-10-12-33(31-51)49(42)54)32-24-26-36(27-25-32)53-44-19-6-5-16-41(44)43-18-11-23-48(50(43)53)55-46-21-8-2-13-38(46)39-14-3-9-22-47(39)55/h2-30H. The molecule has 0 fully saturated rings. The van der Waals surface area contributed by atoms with Gasteiger partial charge in [0.05, 0.1) is 50.9 Å². The van der Waals surface area contributed by atoms with Crippen molar-refractivity contribution in [3.8, 4) is 34.3 Å². The van der Waals surface area contributed by atoms with Crippen molar-refractivity contribution < 1.29 is 0 Å². The number of hydrogen-bond acceptors (Lipinski definition) is 1. The molecule has 0 saturated heterocycles. The van der Waals surface area contributed by atoms with Crippen molar-refractivity contribution in [2.24, 2.45) is 0 Å². The molecule has 55 heavy (non-hydrogen) atoms. The Kier molecular flexibility index (Phi) is 6.61. The molecule has 0 aliphatic heterocycles. The van der Waals surface area contributed by atoms with Crippen LogP contribution in [0.3, 0.4) is 0 Å². The molecule has 0 amide bonds. The fraction of sp³-hybridized carbons (Fsp3) is 0. The minimum atomic E-state index is 0.537. The molecule has 0 saturated carbocycles. The quantitative estimate of drug-likeness (QED) is 0.169. The molecule has 0 bridgehead atoms. The lowest BCUT2D eigenvalue weighted by Gasteiger charge is -2.15. The smallest absolute Gasteiger partial charge is 0.189 e. The molecule has 0 radical (unpaired) electrons. The summed E-state index contributed by atoms with van der Waals surface area (Å²) in [4.78, 5) is 3.90. The third kappa shape index (κ3) is 4.45. The van der Waals surface area contributed by atoms with E-state index in [1.807, 2.05) is 36.4 Å². The number of nitrogens with zero attached hydrogens (tertiary/aromatic N) is 5. The number of benzene rings is 8. The van der Waals surface area contributed by atoms with Crippen molar-refractivity contribution in [2.45, 2.75) is 0 Å². The SMILES string of the molecule is [C-]#[N+]c1cc(-c2ccc(-n3c4ccccc4c4cccc(-n5c6ccccc6c6ccccc65)c43)cc2)cc(-n2c3ccccc3c3cccc(C#N)c32)c1. The number of para-hydroxylation sites is 6. The van der Waals surface area contributed by atoms with E-state index in [-0.39, 0.29) is 0 Å². The third-order valence-electron chi connectivity index (χ3n) is 11.1. The summed E-state index contributed by atoms with van der Waals surface area (Å²) in [5.74, 6) is 0. The van der Waals surface area contributed by atoms with Gasteiger partial charge in [0, 0.05) is 43.7 Å². The minimum absolute atomic E-state index is 0.537. The second-order valence-corrected chi connectivity index (χ2v) is 14.0. The Labute approximate surface area is 316 Å². The van der Waals surface area contributed by atoms with Gasteiger partial charge in [-0.2, -0.15) is 5.26 Å². The van der Waals surface area contributed by atoms with E-state index in [4.69, 9.17) is 6.57 Å². The highest BCUT2D eigenvalue weighted by molar-refractivity contribution is 6.15. The molecule has 0 atom stereocenters. The summed E-state index contributed by atoms with van der Waals surface area (Å²) in [6.45, 7) is 8.05. The largest absolute Gasteiger partial charge is 0.309 e. The zero-order chi connectivity index (χ0) is 36.6. The first-order chi connectivity index (χ1) is 27.2. The average Bonchev–Trinajstić information content (AvgIpc) is 3.90. The van der Waals surface area contributed by atoms with E-state index in [0.29, 0.717) is 11.3 Å². The van der Waals surface area contributed by atoms with Gasteiger partial charge in [-0.05, 0) is 77.9 Å². The Hall–Kier alpha value is -7.86. The molecular formula is C50H29N5. The molecule has 254 valence electrons. The Morgan fingerprint density at radius 3 is 1.49 bits per heavy atom. The average molecular weight is 700 g/mol. The third-order valence-corrected chi connectivity index (χ3v) is 11.1. The molecule has 3 heterocycles. The van der Waals surface area contributed by atoms with Gasteiger partial charge in [0.15, 0.2) is 5.69 Å². The highest BCUT2D eigenvalue weighted by atomic mass is 15.1. The van der Waals surface area contributed by atoms with Crippen LogP contribution in [0.5, 0.6) is 0 Å². The van der Waals surface area contributed by atoms with Gasteiger partial charge in [-0.25, -0.2) is 4.85 Å². The van der Waals surface area contributed by atoms with Crippen molar-refractivity contribution in [3.63, 3.8) is 0 Å². The van der Waals surface area contributed by atoms with Gasteiger partial charge in [0.25, 0.3) is 0 Å². The Morgan fingerprint density at radius 2 is 0.909 bits per heavy atom. The van der Waals surface area contributed by atoms with Gasteiger partial charge >= 0.3 is 0 Å². The van der Waals surface area contributed by atoms with E-state index in [9.17, 15) is 5.26 Å². The fourth-order valence-corrected chi connectivity index (χ4v) is 8.77. The molecule has 0 aliphatic rings. The highest BCUT2D eigenvalue weighted by Crippen LogP contribution is 2.41. The van der Waals surface area contributed by atoms with Crippen molar-refractivity contribution in [1.82, 2.24) is 13.7 Å². The second-order valence-electron chi connectivity index (χ2n) is 14.0. The lowest BCUT2D eigenvalue weighted by Crippen LogP contribution is -2.00. The molecule has 0 unspecified atom stereocenters. The molecule has 0 N–H and O–H groups in total. The summed E-state index contributed by atoms with van der Waals surface area (Å²) in [6, 6.07) is 63.7. The summed E-state index contributed by atoms with van der Waals surface area (Å²) < 4.78 is 6.92. The summed E-state index contributed by atoms with van der Waals surface area (Å²) >= 11 is 0. The molecular weight excluding hydrogens is 671 g/mol. The first-order valence-corrected chi connectivity index (χ1v) is 18.3. The van der Waals surface area contributed by atoms with Gasteiger partial charge < -0.3 is 13.7 Å². The number of rotatable bonds is 4. The summed E-state index contributed by atoms with van der Waals surface area (Å²) in [5.41, 5.74) is 12.5. The van der Waals surface area contributed by atoms with Gasteiger partial charge in [0.1, 0.15) is 6.07 Å². The predicted octanol–water partition coefficient (Wildman–Crippen LogP) is 13.1. The van der Waals surface area contributed by atoms with Crippen molar-refractivity contribution in [1.29, 1.82) is 5.26 Å². The lowest BCUT2D eigenvalue weighted by atomic mass is 10.0. The van der Waals surface area contributed by atoms with Gasteiger partial charge in [-0.15, -0.1) is 0 Å². The van der Waals surface area contributed by atoms with E-state index in [1.54, 1.807) is 0 Å². The van der Waals surface area contributed by atoms with Gasteiger partial charge in [-0.3, -0.25) is 0 Å². The van der Waals surface area contributed by atoms with Crippen molar-refractivity contribution in [2.75, 3.05) is 0 Å². The van der Waals surface area contributed by atoms with Crippen LogP contribution in [0, 0.1) is 17.9 Å². The first kappa shape index (κ1) is 30.7. The summed E-state index contributed by atoms with van der Waals surface area (Å²) in [7, 11) is 0. The van der Waals surface area contributed by atoms with Crippen LogP contribution in [0.4, 0.5) is 5.69 Å².